The molecule has 0 amide bonds. The zero-order chi connectivity index (χ0) is 39.1. The molecule has 0 radical (unpaired) electrons. The number of nitrogens with zero attached hydrogens (tertiary/aromatic N) is 4. The molecule has 1 spiro atoms. The van der Waals surface area contributed by atoms with Gasteiger partial charge in [-0.3, -0.25) is 0 Å². The molecule has 0 atom stereocenters. The molecule has 0 aliphatic heterocycles. The first kappa shape index (κ1) is 34.9. The molecule has 2 aliphatic carbocycles. The van der Waals surface area contributed by atoms with Gasteiger partial charge in [-0.1, -0.05) is 163 Å². The van der Waals surface area contributed by atoms with Gasteiger partial charge in [0, 0.05) is 46.9 Å². The lowest BCUT2D eigenvalue weighted by molar-refractivity contribution is 0.545. The van der Waals surface area contributed by atoms with Gasteiger partial charge in [0.2, 0.25) is 0 Å². The monoisotopic (exact) mass is 736 g/mol. The minimum atomic E-state index is -0.481. The van der Waals surface area contributed by atoms with Crippen LogP contribution in [0.2, 0.25) is 0 Å². The van der Waals surface area contributed by atoms with Gasteiger partial charge in [0.1, 0.15) is 5.82 Å². The van der Waals surface area contributed by atoms with Gasteiger partial charge in [-0.2, -0.15) is 0 Å². The predicted octanol–water partition coefficient (Wildman–Crippen LogP) is 12.9. The standard InChI is InChI=1S/C53H44N4/c1-51(2,3)40-23-19-35(20-24-40)49-54-29-39(30-55-49)37-22-26-44-43-25-21-36(33-15-17-34(18-16-33)38-31-56-50(57-32-38)52(4,5)6)27-47(43)53(48(44)28-37)45-13-9-7-11-41(45)42-12-8-10-14-46(42)53/h7-32H,1-6H3. The van der Waals surface area contributed by atoms with Crippen LogP contribution in [0.5, 0.6) is 0 Å². The van der Waals surface area contributed by atoms with E-state index >= 15 is 0 Å². The fourth-order valence-corrected chi connectivity index (χ4v) is 8.96. The van der Waals surface area contributed by atoms with E-state index in [1.807, 2.05) is 24.8 Å². The van der Waals surface area contributed by atoms with Crippen LogP contribution in [-0.4, -0.2) is 19.9 Å². The maximum Gasteiger partial charge on any atom is 0.159 e. The second-order valence-electron chi connectivity index (χ2n) is 17.6. The van der Waals surface area contributed by atoms with E-state index in [1.165, 1.54) is 61.2 Å². The topological polar surface area (TPSA) is 51.6 Å². The van der Waals surface area contributed by atoms with Crippen LogP contribution in [-0.2, 0) is 16.2 Å². The third-order valence-electron chi connectivity index (χ3n) is 12.0. The van der Waals surface area contributed by atoms with E-state index < -0.39 is 5.41 Å². The number of fused-ring (bicyclic) bond motifs is 10. The van der Waals surface area contributed by atoms with Crippen LogP contribution < -0.4 is 0 Å². The fraction of sp³-hybridized carbons (Fsp3) is 0.170. The Labute approximate surface area is 335 Å². The number of hydrogen-bond acceptors (Lipinski definition) is 4. The van der Waals surface area contributed by atoms with Crippen LogP contribution >= 0.6 is 0 Å². The summed E-state index contributed by atoms with van der Waals surface area (Å²) in [6.45, 7) is 13.1. The Bertz CT molecular complexity index is 2620. The maximum atomic E-state index is 4.88. The maximum absolute atomic E-state index is 4.88. The molecule has 0 bridgehead atoms. The molecule has 0 N–H and O–H groups in total. The Kier molecular flexibility index (Phi) is 7.82. The summed E-state index contributed by atoms with van der Waals surface area (Å²) in [6.07, 6.45) is 7.82. The number of rotatable bonds is 4. The molecule has 4 heteroatoms. The minimum Gasteiger partial charge on any atom is -0.240 e. The van der Waals surface area contributed by atoms with Crippen LogP contribution in [0.25, 0.3) is 67.0 Å². The van der Waals surface area contributed by atoms with Crippen LogP contribution in [0, 0.1) is 0 Å². The zero-order valence-corrected chi connectivity index (χ0v) is 33.3. The third kappa shape index (κ3) is 5.57. The highest BCUT2D eigenvalue weighted by Gasteiger charge is 2.51. The smallest absolute Gasteiger partial charge is 0.159 e. The lowest BCUT2D eigenvalue weighted by Gasteiger charge is -2.31. The summed E-state index contributed by atoms with van der Waals surface area (Å²) in [4.78, 5) is 19.1. The molecule has 2 aromatic heterocycles. The van der Waals surface area contributed by atoms with Crippen molar-refractivity contribution in [1.82, 2.24) is 19.9 Å². The first-order chi connectivity index (χ1) is 27.5. The second kappa shape index (κ2) is 12.8. The SMILES string of the molecule is CC(C)(C)c1ccc(-c2ncc(-c3ccc4c(c3)C3(c5ccccc5-c5ccccc53)c3cc(-c5ccc(-c6cnc(C(C)(C)C)nc6)cc5)ccc3-4)cn2)cc1. The normalized spacial score (nSPS) is 13.6. The second-order valence-corrected chi connectivity index (χ2v) is 17.6. The van der Waals surface area contributed by atoms with Crippen LogP contribution in [0.4, 0.5) is 0 Å². The Morgan fingerprint density at radius 1 is 0.351 bits per heavy atom. The molecule has 0 fully saturated rings. The molecule has 57 heavy (non-hydrogen) atoms. The van der Waals surface area contributed by atoms with Crippen molar-refractivity contribution in [3.63, 3.8) is 0 Å². The fourth-order valence-electron chi connectivity index (χ4n) is 8.96. The van der Waals surface area contributed by atoms with Gasteiger partial charge in [0.15, 0.2) is 5.82 Å². The Balaban J connectivity index is 1.07. The molecule has 8 aromatic rings. The summed E-state index contributed by atoms with van der Waals surface area (Å²) in [5, 5.41) is 0. The molecule has 2 aliphatic rings. The average Bonchev–Trinajstić information content (AvgIpc) is 3.70. The van der Waals surface area contributed by atoms with Crippen molar-refractivity contribution in [2.45, 2.75) is 57.8 Å². The van der Waals surface area contributed by atoms with E-state index in [1.54, 1.807) is 0 Å². The van der Waals surface area contributed by atoms with Crippen molar-refractivity contribution in [2.24, 2.45) is 0 Å². The van der Waals surface area contributed by atoms with Crippen molar-refractivity contribution in [3.8, 4) is 67.0 Å². The van der Waals surface area contributed by atoms with Crippen LogP contribution in [0.15, 0.2) is 158 Å². The van der Waals surface area contributed by atoms with Gasteiger partial charge in [-0.05, 0) is 89.9 Å². The zero-order valence-electron chi connectivity index (χ0n) is 33.3. The lowest BCUT2D eigenvalue weighted by atomic mass is 9.70. The average molecular weight is 737 g/mol. The van der Waals surface area contributed by atoms with Gasteiger partial charge in [0.25, 0.3) is 0 Å². The minimum absolute atomic E-state index is 0.0886. The highest BCUT2D eigenvalue weighted by molar-refractivity contribution is 5.96. The number of hydrogen-bond donors (Lipinski definition) is 0. The summed E-state index contributed by atoms with van der Waals surface area (Å²) in [7, 11) is 0. The van der Waals surface area contributed by atoms with E-state index in [-0.39, 0.29) is 10.8 Å². The largest absolute Gasteiger partial charge is 0.240 e. The van der Waals surface area contributed by atoms with Gasteiger partial charge < -0.3 is 0 Å². The van der Waals surface area contributed by atoms with E-state index in [0.717, 1.165) is 39.5 Å². The Hall–Kier alpha value is -6.52. The first-order valence-electron chi connectivity index (χ1n) is 19.9. The third-order valence-corrected chi connectivity index (χ3v) is 12.0. The van der Waals surface area contributed by atoms with Crippen molar-refractivity contribution in [1.29, 1.82) is 0 Å². The van der Waals surface area contributed by atoms with Gasteiger partial charge >= 0.3 is 0 Å². The molecule has 2 heterocycles. The summed E-state index contributed by atoms with van der Waals surface area (Å²) in [6, 6.07) is 49.4. The highest BCUT2D eigenvalue weighted by Crippen LogP contribution is 2.63. The molecule has 0 unspecified atom stereocenters. The molecular formula is C53H44N4. The summed E-state index contributed by atoms with van der Waals surface area (Å²) >= 11 is 0. The number of benzene rings is 6. The van der Waals surface area contributed by atoms with Crippen molar-refractivity contribution < 1.29 is 0 Å². The summed E-state index contributed by atoms with van der Waals surface area (Å²) in [5.74, 6) is 1.58. The van der Waals surface area contributed by atoms with Gasteiger partial charge in [-0.25, -0.2) is 19.9 Å². The molecule has 276 valence electrons. The van der Waals surface area contributed by atoms with E-state index in [4.69, 9.17) is 9.97 Å². The number of aromatic nitrogens is 4. The highest BCUT2D eigenvalue weighted by atomic mass is 14.9. The molecular weight excluding hydrogens is 693 g/mol. The molecule has 4 nitrogen and oxygen atoms in total. The molecule has 0 saturated carbocycles. The Morgan fingerprint density at radius 2 is 0.754 bits per heavy atom. The van der Waals surface area contributed by atoms with Gasteiger partial charge in [0.05, 0.1) is 5.41 Å². The molecule has 6 aromatic carbocycles. The lowest BCUT2D eigenvalue weighted by Crippen LogP contribution is -2.26. The van der Waals surface area contributed by atoms with E-state index in [0.29, 0.717) is 0 Å². The van der Waals surface area contributed by atoms with E-state index in [9.17, 15) is 0 Å². The van der Waals surface area contributed by atoms with Crippen molar-refractivity contribution in [3.05, 3.63) is 192 Å². The van der Waals surface area contributed by atoms with Crippen LogP contribution in [0.1, 0.15) is 75.2 Å². The summed E-state index contributed by atoms with van der Waals surface area (Å²) in [5.41, 5.74) is 18.8. The molecule has 10 rings (SSSR count). The Morgan fingerprint density at radius 3 is 1.26 bits per heavy atom. The summed E-state index contributed by atoms with van der Waals surface area (Å²) < 4.78 is 0. The first-order valence-corrected chi connectivity index (χ1v) is 19.9. The predicted molar refractivity (Wildman–Crippen MR) is 233 cm³/mol. The van der Waals surface area contributed by atoms with Crippen LogP contribution in [0.3, 0.4) is 0 Å². The quantitative estimate of drug-likeness (QED) is 0.180. The van der Waals surface area contributed by atoms with Gasteiger partial charge in [-0.15, -0.1) is 0 Å². The molecule has 0 saturated heterocycles. The van der Waals surface area contributed by atoms with Crippen molar-refractivity contribution in [2.75, 3.05) is 0 Å². The van der Waals surface area contributed by atoms with Crippen molar-refractivity contribution >= 4 is 0 Å². The van der Waals surface area contributed by atoms with E-state index in [2.05, 4.69) is 185 Å².